The number of fused-ring (bicyclic) bond motifs is 2. The molecule has 3 aliphatic rings. The first kappa shape index (κ1) is 27.5. The van der Waals surface area contributed by atoms with Crippen LogP contribution in [0.3, 0.4) is 0 Å². The summed E-state index contributed by atoms with van der Waals surface area (Å²) in [6, 6.07) is 4.81. The van der Waals surface area contributed by atoms with E-state index in [-0.39, 0.29) is 27.7 Å². The molecule has 1 aromatic carbocycles. The topological polar surface area (TPSA) is 26.3 Å². The molecule has 0 aromatic heterocycles. The maximum absolute atomic E-state index is 13.1. The van der Waals surface area contributed by atoms with Gasteiger partial charge in [-0.25, -0.2) is 0 Å². The highest BCUT2D eigenvalue weighted by atomic mass is 28.4. The van der Waals surface area contributed by atoms with Gasteiger partial charge >= 0.3 is 0 Å². The molecule has 34 heavy (non-hydrogen) atoms. The lowest BCUT2D eigenvalue weighted by Crippen LogP contribution is -2.56. The highest BCUT2D eigenvalue weighted by molar-refractivity contribution is 6.74. The summed E-state index contributed by atoms with van der Waals surface area (Å²) < 4.78 is 7.11. The average Bonchev–Trinajstić information content (AvgIpc) is 2.69. The van der Waals surface area contributed by atoms with Gasteiger partial charge < -0.3 is 4.43 Å². The van der Waals surface area contributed by atoms with E-state index in [0.29, 0.717) is 18.1 Å². The molecule has 0 aliphatic heterocycles. The molecule has 0 unspecified atom stereocenters. The second-order valence-corrected chi connectivity index (χ2v) is 19.0. The predicted molar refractivity (Wildman–Crippen MR) is 149 cm³/mol. The van der Waals surface area contributed by atoms with Gasteiger partial charge in [-0.15, -0.1) is 0 Å². The van der Waals surface area contributed by atoms with Gasteiger partial charge in [0.1, 0.15) is 11.5 Å². The van der Waals surface area contributed by atoms with Crippen molar-refractivity contribution < 1.29 is 9.22 Å². The molecule has 3 heteroatoms. The summed E-state index contributed by atoms with van der Waals surface area (Å²) in [5.41, 5.74) is 4.28. The largest absolute Gasteiger partial charge is 0.543 e. The Morgan fingerprint density at radius 2 is 1.71 bits per heavy atom. The minimum Gasteiger partial charge on any atom is -0.543 e. The zero-order valence-electron chi connectivity index (χ0n) is 24.2. The highest BCUT2D eigenvalue weighted by Crippen LogP contribution is 2.64. The van der Waals surface area contributed by atoms with Crippen LogP contribution in [0.4, 0.5) is 0 Å². The lowest BCUT2D eigenvalue weighted by molar-refractivity contribution is -0.151. The van der Waals surface area contributed by atoms with E-state index < -0.39 is 8.32 Å². The van der Waals surface area contributed by atoms with Crippen molar-refractivity contribution in [3.8, 4) is 5.75 Å². The van der Waals surface area contributed by atoms with Crippen molar-refractivity contribution in [2.75, 3.05) is 0 Å². The molecule has 1 aromatic rings. The van der Waals surface area contributed by atoms with Crippen molar-refractivity contribution in [2.24, 2.45) is 17.3 Å². The minimum atomic E-state index is -2.03. The van der Waals surface area contributed by atoms with Crippen LogP contribution in [0.5, 0.6) is 5.75 Å². The van der Waals surface area contributed by atoms with Gasteiger partial charge in [-0.1, -0.05) is 87.1 Å². The van der Waals surface area contributed by atoms with Crippen LogP contribution < -0.4 is 4.43 Å². The Labute approximate surface area is 211 Å². The van der Waals surface area contributed by atoms with Gasteiger partial charge in [0.15, 0.2) is 0 Å². The maximum atomic E-state index is 13.1. The van der Waals surface area contributed by atoms with Crippen LogP contribution in [0.15, 0.2) is 12.1 Å². The van der Waals surface area contributed by atoms with Crippen molar-refractivity contribution in [1.29, 1.82) is 0 Å². The fourth-order valence-electron chi connectivity index (χ4n) is 6.28. The first-order valence-electron chi connectivity index (χ1n) is 13.9. The van der Waals surface area contributed by atoms with Crippen LogP contribution >= 0.6 is 0 Å². The molecule has 3 saturated carbocycles. The number of rotatable bonds is 9. The van der Waals surface area contributed by atoms with Crippen molar-refractivity contribution >= 4 is 14.1 Å². The maximum Gasteiger partial charge on any atom is 0.250 e. The summed E-state index contributed by atoms with van der Waals surface area (Å²) in [6.45, 7) is 25.6. The third-order valence-corrected chi connectivity index (χ3v) is 14.3. The summed E-state index contributed by atoms with van der Waals surface area (Å²) in [6.07, 6.45) is 8.12. The smallest absolute Gasteiger partial charge is 0.250 e. The molecule has 3 atom stereocenters. The van der Waals surface area contributed by atoms with Gasteiger partial charge in [0.2, 0.25) is 8.32 Å². The molecule has 4 rings (SSSR count). The number of carbonyl (C=O) groups is 1. The molecule has 0 heterocycles. The number of hydrogen-bond donors (Lipinski definition) is 0. The second kappa shape index (κ2) is 9.41. The first-order valence-corrected chi connectivity index (χ1v) is 16.8. The van der Waals surface area contributed by atoms with Crippen LogP contribution in [0.2, 0.25) is 18.1 Å². The third-order valence-electron chi connectivity index (χ3n) is 9.97. The van der Waals surface area contributed by atoms with Gasteiger partial charge in [-0.05, 0) is 83.3 Å². The van der Waals surface area contributed by atoms with E-state index in [2.05, 4.69) is 87.5 Å². The predicted octanol–water partition coefficient (Wildman–Crippen LogP) is 9.35. The summed E-state index contributed by atoms with van der Waals surface area (Å²) in [4.78, 5) is 13.1. The lowest BCUT2D eigenvalue weighted by atomic mass is 9.44. The number of Topliss-reactive ketones (excluding diaryl/α,β-unsaturated/α-hetero) is 1. The van der Waals surface area contributed by atoms with Gasteiger partial charge in [-0.2, -0.15) is 0 Å². The van der Waals surface area contributed by atoms with Crippen molar-refractivity contribution in [3.63, 3.8) is 0 Å². The molecule has 2 bridgehead atoms. The lowest BCUT2D eigenvalue weighted by Gasteiger charge is -2.59. The highest BCUT2D eigenvalue weighted by Gasteiger charge is 2.59. The molecule has 0 radical (unpaired) electrons. The monoisotopic (exact) mass is 484 g/mol. The average molecular weight is 485 g/mol. The molecule has 3 fully saturated rings. The number of aryl methyl sites for hydroxylation is 1. The molecule has 0 N–H and O–H groups in total. The number of hydrogen-bond acceptors (Lipinski definition) is 2. The van der Waals surface area contributed by atoms with E-state index in [4.69, 9.17) is 4.43 Å². The Morgan fingerprint density at radius 3 is 2.24 bits per heavy atom. The van der Waals surface area contributed by atoms with E-state index in [1.54, 1.807) is 0 Å². The normalized spacial score (nSPS) is 24.7. The number of unbranched alkanes of at least 4 members (excludes halogenated alkanes) is 3. The van der Waals surface area contributed by atoms with Crippen LogP contribution in [-0.4, -0.2) is 14.1 Å². The fraction of sp³-hybridized carbons (Fsp3) is 0.774. The summed E-state index contributed by atoms with van der Waals surface area (Å²) in [5, 5.41) is 0.132. The van der Waals surface area contributed by atoms with Crippen LogP contribution in [0.1, 0.15) is 123 Å². The van der Waals surface area contributed by atoms with E-state index >= 15 is 0 Å². The molecule has 0 amide bonds. The molecule has 3 aliphatic carbocycles. The van der Waals surface area contributed by atoms with E-state index in [1.807, 2.05) is 0 Å². The third kappa shape index (κ3) is 5.06. The van der Waals surface area contributed by atoms with Crippen molar-refractivity contribution in [1.82, 2.24) is 0 Å². The van der Waals surface area contributed by atoms with E-state index in [0.717, 1.165) is 12.2 Å². The van der Waals surface area contributed by atoms with Gasteiger partial charge in [0.05, 0.1) is 0 Å². The van der Waals surface area contributed by atoms with Gasteiger partial charge in [-0.3, -0.25) is 4.79 Å². The fourth-order valence-corrected chi connectivity index (χ4v) is 7.30. The van der Waals surface area contributed by atoms with Gasteiger partial charge in [0.25, 0.3) is 0 Å². The molecule has 0 spiro atoms. The molecule has 0 saturated heterocycles. The van der Waals surface area contributed by atoms with Crippen LogP contribution in [0.25, 0.3) is 0 Å². The minimum absolute atomic E-state index is 0.109. The number of benzene rings is 1. The molecule has 2 nitrogen and oxygen atoms in total. The van der Waals surface area contributed by atoms with Crippen molar-refractivity contribution in [3.05, 3.63) is 28.8 Å². The Balaban J connectivity index is 2.06. The van der Waals surface area contributed by atoms with Gasteiger partial charge in [0, 0.05) is 12.3 Å². The number of carbonyl (C=O) groups excluding carboxylic acids is 1. The quantitative estimate of drug-likeness (QED) is 0.258. The Bertz CT molecular complexity index is 903. The Hall–Kier alpha value is -1.09. The van der Waals surface area contributed by atoms with E-state index in [9.17, 15) is 4.79 Å². The molecular weight excluding hydrogens is 432 g/mol. The standard InChI is InChI=1S/C31H52O2Si/c1-12-13-14-15-16-30(6,7)22-17-21(2)28(27(18-22)33-34(10,11)29(3,4)5)23-19-26(32)25-20-24(23)31(25,8)9/h17-18,23-25H,12-16,19-20H2,1-11H3/t23-,24-,25+/m0/s1. The Morgan fingerprint density at radius 1 is 1.06 bits per heavy atom. The van der Waals surface area contributed by atoms with Crippen molar-refractivity contribution in [2.45, 2.75) is 137 Å². The first-order chi connectivity index (χ1) is 15.5. The van der Waals surface area contributed by atoms with Crippen LogP contribution in [-0.2, 0) is 10.2 Å². The molecular formula is C31H52O2Si. The van der Waals surface area contributed by atoms with Crippen LogP contribution in [0, 0.1) is 24.2 Å². The molecule has 192 valence electrons. The SMILES string of the molecule is CCCCCCC(C)(C)c1cc(C)c([C@H]2CC(=O)[C@H]3C[C@@H]2C3(C)C)c(O[Si](C)(C)C(C)(C)C)c1. The summed E-state index contributed by atoms with van der Waals surface area (Å²) >= 11 is 0. The zero-order chi connectivity index (χ0) is 25.7. The zero-order valence-corrected chi connectivity index (χ0v) is 25.2. The number of ketones is 1. The Kier molecular flexibility index (Phi) is 7.61. The van der Waals surface area contributed by atoms with E-state index in [1.165, 1.54) is 48.8 Å². The summed E-state index contributed by atoms with van der Waals surface area (Å²) in [7, 11) is -2.03. The second-order valence-electron chi connectivity index (χ2n) is 14.3. The summed E-state index contributed by atoms with van der Waals surface area (Å²) in [5.74, 6) is 2.68.